The SMILES string of the molecule is O=S(=O)(c1ccccc1)c1ccc(C(F)(F)F)cc1Cc1cccc(C(F)(F)F)c1. The summed E-state index contributed by atoms with van der Waals surface area (Å²) < 4.78 is 104. The number of alkyl halides is 6. The Morgan fingerprint density at radius 2 is 1.27 bits per heavy atom. The molecule has 0 atom stereocenters. The molecule has 0 aliphatic carbocycles. The molecule has 3 aromatic rings. The van der Waals surface area contributed by atoms with Crippen molar-refractivity contribution in [2.75, 3.05) is 0 Å². The van der Waals surface area contributed by atoms with E-state index in [0.717, 1.165) is 24.3 Å². The molecule has 30 heavy (non-hydrogen) atoms. The molecular weight excluding hydrogens is 430 g/mol. The zero-order chi connectivity index (χ0) is 22.2. The molecule has 0 aliphatic rings. The predicted molar refractivity (Wildman–Crippen MR) is 97.6 cm³/mol. The molecule has 0 N–H and O–H groups in total. The zero-order valence-corrected chi connectivity index (χ0v) is 15.9. The lowest BCUT2D eigenvalue weighted by molar-refractivity contribution is -0.138. The summed E-state index contributed by atoms with van der Waals surface area (Å²) in [5.74, 6) is 0. The highest BCUT2D eigenvalue weighted by molar-refractivity contribution is 7.91. The first-order valence-electron chi connectivity index (χ1n) is 8.55. The van der Waals surface area contributed by atoms with Crippen LogP contribution in [0, 0.1) is 0 Å². The molecule has 0 fully saturated rings. The average Bonchev–Trinajstić information content (AvgIpc) is 2.67. The van der Waals surface area contributed by atoms with Gasteiger partial charge in [0.15, 0.2) is 0 Å². The molecule has 0 heterocycles. The second-order valence-corrected chi connectivity index (χ2v) is 8.43. The Labute approximate surface area is 168 Å². The van der Waals surface area contributed by atoms with Gasteiger partial charge in [-0.1, -0.05) is 36.4 Å². The summed E-state index contributed by atoms with van der Waals surface area (Å²) >= 11 is 0. The maximum Gasteiger partial charge on any atom is 0.416 e. The summed E-state index contributed by atoms with van der Waals surface area (Å²) in [5, 5.41) is 0. The zero-order valence-electron chi connectivity index (χ0n) is 15.1. The third-order valence-corrected chi connectivity index (χ3v) is 6.25. The van der Waals surface area contributed by atoms with E-state index in [1.807, 2.05) is 0 Å². The molecule has 0 saturated carbocycles. The maximum atomic E-state index is 13.2. The minimum absolute atomic E-state index is 0.0358. The maximum absolute atomic E-state index is 13.2. The van der Waals surface area contributed by atoms with Crippen LogP contribution in [0.25, 0.3) is 0 Å². The monoisotopic (exact) mass is 444 g/mol. The smallest absolute Gasteiger partial charge is 0.219 e. The van der Waals surface area contributed by atoms with E-state index in [0.29, 0.717) is 12.1 Å². The van der Waals surface area contributed by atoms with Crippen LogP contribution in [0.3, 0.4) is 0 Å². The van der Waals surface area contributed by atoms with Gasteiger partial charge in [-0.3, -0.25) is 0 Å². The number of benzene rings is 3. The third-order valence-electron chi connectivity index (χ3n) is 4.38. The summed E-state index contributed by atoms with van der Waals surface area (Å²) in [6.45, 7) is 0. The lowest BCUT2D eigenvalue weighted by atomic mass is 10.0. The van der Waals surface area contributed by atoms with Crippen LogP contribution in [0.15, 0.2) is 82.6 Å². The van der Waals surface area contributed by atoms with Crippen LogP contribution in [0.1, 0.15) is 22.3 Å². The van der Waals surface area contributed by atoms with E-state index in [2.05, 4.69) is 0 Å². The summed E-state index contributed by atoms with van der Waals surface area (Å²) in [7, 11) is -4.18. The van der Waals surface area contributed by atoms with Crippen LogP contribution in [0.2, 0.25) is 0 Å². The van der Waals surface area contributed by atoms with Gasteiger partial charge >= 0.3 is 12.4 Å². The summed E-state index contributed by atoms with van der Waals surface area (Å²) in [5.41, 5.74) is -2.27. The third kappa shape index (κ3) is 4.67. The highest BCUT2D eigenvalue weighted by atomic mass is 32.2. The van der Waals surface area contributed by atoms with E-state index in [9.17, 15) is 34.8 Å². The van der Waals surface area contributed by atoms with E-state index < -0.39 is 39.7 Å². The van der Waals surface area contributed by atoms with E-state index >= 15 is 0 Å². The first kappa shape index (κ1) is 21.9. The van der Waals surface area contributed by atoms with E-state index in [1.165, 1.54) is 30.3 Å². The fourth-order valence-electron chi connectivity index (χ4n) is 2.96. The minimum atomic E-state index is -4.74. The second-order valence-electron chi connectivity index (χ2n) is 6.51. The van der Waals surface area contributed by atoms with Crippen molar-refractivity contribution in [2.24, 2.45) is 0 Å². The van der Waals surface area contributed by atoms with Gasteiger partial charge in [0.2, 0.25) is 9.84 Å². The van der Waals surface area contributed by atoms with Gasteiger partial charge in [-0.2, -0.15) is 26.3 Å². The molecule has 2 nitrogen and oxygen atoms in total. The van der Waals surface area contributed by atoms with Crippen LogP contribution in [-0.2, 0) is 28.6 Å². The van der Waals surface area contributed by atoms with Gasteiger partial charge in [0.1, 0.15) is 0 Å². The van der Waals surface area contributed by atoms with Crippen LogP contribution >= 0.6 is 0 Å². The van der Waals surface area contributed by atoms with Gasteiger partial charge in [-0.05, 0) is 53.9 Å². The lowest BCUT2D eigenvalue weighted by Gasteiger charge is -2.15. The first-order chi connectivity index (χ1) is 13.9. The predicted octanol–water partition coefficient (Wildman–Crippen LogP) is 6.15. The summed E-state index contributed by atoms with van der Waals surface area (Å²) in [6.07, 6.45) is -9.80. The van der Waals surface area contributed by atoms with Crippen molar-refractivity contribution in [3.8, 4) is 0 Å². The fourth-order valence-corrected chi connectivity index (χ4v) is 4.45. The largest absolute Gasteiger partial charge is 0.416 e. The molecule has 3 aromatic carbocycles. The van der Waals surface area contributed by atoms with Gasteiger partial charge in [0.05, 0.1) is 20.9 Å². The van der Waals surface area contributed by atoms with Crippen LogP contribution in [-0.4, -0.2) is 8.42 Å². The quantitative estimate of drug-likeness (QED) is 0.453. The highest BCUT2D eigenvalue weighted by Crippen LogP contribution is 2.35. The molecule has 158 valence electrons. The van der Waals surface area contributed by atoms with Crippen molar-refractivity contribution in [1.29, 1.82) is 0 Å². The summed E-state index contributed by atoms with van der Waals surface area (Å²) in [6, 6.07) is 13.3. The standard InChI is InChI=1S/C21H14F6O2S/c22-20(23,24)16-6-4-5-14(12-16)11-15-13-17(21(25,26)27)9-10-19(15)30(28,29)18-7-2-1-3-8-18/h1-10,12-13H,11H2. The van der Waals surface area contributed by atoms with Crippen molar-refractivity contribution >= 4 is 9.84 Å². The van der Waals surface area contributed by atoms with Crippen molar-refractivity contribution < 1.29 is 34.8 Å². The Morgan fingerprint density at radius 1 is 0.667 bits per heavy atom. The van der Waals surface area contributed by atoms with Crippen molar-refractivity contribution in [3.63, 3.8) is 0 Å². The highest BCUT2D eigenvalue weighted by Gasteiger charge is 2.33. The molecule has 3 rings (SSSR count). The molecule has 0 radical (unpaired) electrons. The normalized spacial score (nSPS) is 12.7. The molecular formula is C21H14F6O2S. The van der Waals surface area contributed by atoms with Crippen LogP contribution in [0.5, 0.6) is 0 Å². The molecule has 0 saturated heterocycles. The van der Waals surface area contributed by atoms with Gasteiger partial charge in [0, 0.05) is 0 Å². The van der Waals surface area contributed by atoms with Crippen molar-refractivity contribution in [1.82, 2.24) is 0 Å². The fraction of sp³-hybridized carbons (Fsp3) is 0.143. The molecule has 9 heteroatoms. The van der Waals surface area contributed by atoms with E-state index in [1.54, 1.807) is 6.07 Å². The second kappa shape index (κ2) is 7.79. The van der Waals surface area contributed by atoms with Crippen molar-refractivity contribution in [3.05, 3.63) is 95.1 Å². The molecule has 0 spiro atoms. The summed E-state index contributed by atoms with van der Waals surface area (Å²) in [4.78, 5) is -0.519. The van der Waals surface area contributed by atoms with Gasteiger partial charge in [0.25, 0.3) is 0 Å². The molecule has 0 amide bonds. The Morgan fingerprint density at radius 3 is 1.87 bits per heavy atom. The van der Waals surface area contributed by atoms with E-state index in [4.69, 9.17) is 0 Å². The number of halogens is 6. The number of hydrogen-bond donors (Lipinski definition) is 0. The topological polar surface area (TPSA) is 34.1 Å². The van der Waals surface area contributed by atoms with Crippen LogP contribution < -0.4 is 0 Å². The molecule has 0 unspecified atom stereocenters. The number of hydrogen-bond acceptors (Lipinski definition) is 2. The number of sulfone groups is 1. The van der Waals surface area contributed by atoms with Crippen molar-refractivity contribution in [2.45, 2.75) is 28.6 Å². The lowest BCUT2D eigenvalue weighted by Crippen LogP contribution is -2.11. The average molecular weight is 444 g/mol. The van der Waals surface area contributed by atoms with Gasteiger partial charge in [-0.25, -0.2) is 8.42 Å². The Hall–Kier alpha value is -2.81. The Balaban J connectivity index is 2.14. The minimum Gasteiger partial charge on any atom is -0.219 e. The van der Waals surface area contributed by atoms with Crippen LogP contribution in [0.4, 0.5) is 26.3 Å². The molecule has 0 aliphatic heterocycles. The molecule has 0 bridgehead atoms. The van der Waals surface area contributed by atoms with Gasteiger partial charge in [-0.15, -0.1) is 0 Å². The number of rotatable bonds is 4. The Bertz CT molecular complexity index is 1150. The first-order valence-corrected chi connectivity index (χ1v) is 10.0. The van der Waals surface area contributed by atoms with Gasteiger partial charge < -0.3 is 0 Å². The Kier molecular flexibility index (Phi) is 5.68. The molecule has 0 aromatic heterocycles. The van der Waals surface area contributed by atoms with E-state index in [-0.39, 0.29) is 20.9 Å².